The van der Waals surface area contributed by atoms with Crippen LogP contribution in [-0.4, -0.2) is 4.98 Å². The summed E-state index contributed by atoms with van der Waals surface area (Å²) in [5, 5.41) is 8.68. The van der Waals surface area contributed by atoms with Gasteiger partial charge in [0.2, 0.25) is 0 Å². The van der Waals surface area contributed by atoms with Gasteiger partial charge in [-0.25, -0.2) is 4.98 Å². The van der Waals surface area contributed by atoms with Gasteiger partial charge in [0.15, 0.2) is 0 Å². The van der Waals surface area contributed by atoms with Crippen LogP contribution in [0.5, 0.6) is 0 Å². The molecule has 2 nitrogen and oxygen atoms in total. The monoisotopic (exact) mass is 240 g/mol. The first-order valence-electron chi connectivity index (χ1n) is 5.30. The van der Waals surface area contributed by atoms with Crippen molar-refractivity contribution >= 4 is 11.8 Å². The van der Waals surface area contributed by atoms with Crippen molar-refractivity contribution in [2.24, 2.45) is 0 Å². The van der Waals surface area contributed by atoms with E-state index in [1.807, 2.05) is 12.1 Å². The fourth-order valence-corrected chi connectivity index (χ4v) is 2.42. The van der Waals surface area contributed by atoms with Crippen LogP contribution in [-0.2, 0) is 0 Å². The van der Waals surface area contributed by atoms with E-state index in [2.05, 4.69) is 37.0 Å². The lowest BCUT2D eigenvalue weighted by Crippen LogP contribution is -1.84. The molecule has 1 aromatic heterocycles. The maximum absolute atomic E-state index is 8.68. The van der Waals surface area contributed by atoms with Crippen molar-refractivity contribution < 1.29 is 0 Å². The van der Waals surface area contributed by atoms with Crippen molar-refractivity contribution in [1.82, 2.24) is 4.98 Å². The third kappa shape index (κ3) is 2.86. The molecule has 0 N–H and O–H groups in total. The van der Waals surface area contributed by atoms with Gasteiger partial charge in [-0.3, -0.25) is 0 Å². The first kappa shape index (κ1) is 11.7. The van der Waals surface area contributed by atoms with Gasteiger partial charge in [0, 0.05) is 16.0 Å². The van der Waals surface area contributed by atoms with Crippen LogP contribution < -0.4 is 0 Å². The summed E-state index contributed by atoms with van der Waals surface area (Å²) in [5.74, 6) is 0. The molecule has 0 radical (unpaired) electrons. The second-order valence-electron chi connectivity index (χ2n) is 3.86. The molecular weight excluding hydrogens is 228 g/mol. The standard InChI is InChI=1S/C14H12N2S/c1-10-3-4-11(2)14(7-10)17-13-6-5-12(8-15)16-9-13/h3-7,9H,1-2H3. The van der Waals surface area contributed by atoms with Gasteiger partial charge in [-0.2, -0.15) is 5.26 Å². The number of benzene rings is 1. The van der Waals surface area contributed by atoms with Crippen molar-refractivity contribution in [3.63, 3.8) is 0 Å². The van der Waals surface area contributed by atoms with Gasteiger partial charge in [0.25, 0.3) is 0 Å². The summed E-state index contributed by atoms with van der Waals surface area (Å²) >= 11 is 1.68. The van der Waals surface area contributed by atoms with Gasteiger partial charge < -0.3 is 0 Å². The second kappa shape index (κ2) is 5.03. The van der Waals surface area contributed by atoms with Gasteiger partial charge in [-0.1, -0.05) is 23.9 Å². The summed E-state index contributed by atoms with van der Waals surface area (Å²) in [7, 11) is 0. The molecule has 2 rings (SSSR count). The van der Waals surface area contributed by atoms with E-state index in [-0.39, 0.29) is 0 Å². The molecule has 1 aromatic carbocycles. The molecule has 17 heavy (non-hydrogen) atoms. The maximum Gasteiger partial charge on any atom is 0.140 e. The van der Waals surface area contributed by atoms with Crippen molar-refractivity contribution in [2.75, 3.05) is 0 Å². The molecule has 0 aliphatic rings. The summed E-state index contributed by atoms with van der Waals surface area (Å²) in [5.41, 5.74) is 2.96. The van der Waals surface area contributed by atoms with E-state index in [4.69, 9.17) is 5.26 Å². The molecule has 0 spiro atoms. The van der Waals surface area contributed by atoms with E-state index >= 15 is 0 Å². The molecule has 0 amide bonds. The smallest absolute Gasteiger partial charge is 0.140 e. The molecule has 0 saturated heterocycles. The highest BCUT2D eigenvalue weighted by molar-refractivity contribution is 7.99. The van der Waals surface area contributed by atoms with E-state index in [1.165, 1.54) is 16.0 Å². The summed E-state index contributed by atoms with van der Waals surface area (Å²) in [6, 6.07) is 12.1. The Balaban J connectivity index is 2.25. The molecule has 2 aromatic rings. The maximum atomic E-state index is 8.68. The van der Waals surface area contributed by atoms with Gasteiger partial charge in [-0.15, -0.1) is 0 Å². The van der Waals surface area contributed by atoms with Crippen LogP contribution >= 0.6 is 11.8 Å². The van der Waals surface area contributed by atoms with E-state index < -0.39 is 0 Å². The third-order valence-corrected chi connectivity index (χ3v) is 3.56. The van der Waals surface area contributed by atoms with Gasteiger partial charge in [0.05, 0.1) is 0 Å². The quantitative estimate of drug-likeness (QED) is 0.802. The molecule has 0 atom stereocenters. The van der Waals surface area contributed by atoms with E-state index in [0.29, 0.717) is 5.69 Å². The highest BCUT2D eigenvalue weighted by Gasteiger charge is 2.02. The summed E-state index contributed by atoms with van der Waals surface area (Å²) in [6.07, 6.45) is 1.74. The number of pyridine rings is 1. The zero-order valence-corrected chi connectivity index (χ0v) is 10.6. The number of nitrogens with zero attached hydrogens (tertiary/aromatic N) is 2. The Morgan fingerprint density at radius 3 is 2.65 bits per heavy atom. The fourth-order valence-electron chi connectivity index (χ4n) is 1.45. The minimum absolute atomic E-state index is 0.454. The van der Waals surface area contributed by atoms with E-state index in [0.717, 1.165) is 4.90 Å². The Labute approximate surface area is 105 Å². The number of nitriles is 1. The minimum atomic E-state index is 0.454. The molecule has 84 valence electrons. The van der Waals surface area contributed by atoms with Crippen LogP contribution in [0, 0.1) is 25.2 Å². The van der Waals surface area contributed by atoms with Crippen molar-refractivity contribution in [3.05, 3.63) is 53.3 Å². The van der Waals surface area contributed by atoms with Gasteiger partial charge >= 0.3 is 0 Å². The zero-order valence-electron chi connectivity index (χ0n) is 9.77. The van der Waals surface area contributed by atoms with Crippen LogP contribution in [0.3, 0.4) is 0 Å². The number of hydrogen-bond acceptors (Lipinski definition) is 3. The Hall–Kier alpha value is -1.79. The summed E-state index contributed by atoms with van der Waals surface area (Å²) in [6.45, 7) is 4.18. The third-order valence-electron chi connectivity index (χ3n) is 2.42. The lowest BCUT2D eigenvalue weighted by Gasteiger charge is -2.06. The SMILES string of the molecule is Cc1ccc(C)c(Sc2ccc(C#N)nc2)c1. The molecule has 0 aliphatic heterocycles. The molecule has 0 unspecified atom stereocenters. The number of aromatic nitrogens is 1. The number of rotatable bonds is 2. The molecular formula is C14H12N2S. The molecule has 1 heterocycles. The lowest BCUT2D eigenvalue weighted by atomic mass is 10.2. The first-order chi connectivity index (χ1) is 8.19. The Bertz CT molecular complexity index is 568. The fraction of sp³-hybridized carbons (Fsp3) is 0.143. The van der Waals surface area contributed by atoms with Gasteiger partial charge in [-0.05, 0) is 43.2 Å². The first-order valence-corrected chi connectivity index (χ1v) is 6.12. The van der Waals surface area contributed by atoms with Crippen molar-refractivity contribution in [3.8, 4) is 6.07 Å². The Kier molecular flexibility index (Phi) is 3.46. The topological polar surface area (TPSA) is 36.7 Å². The van der Waals surface area contributed by atoms with Gasteiger partial charge in [0.1, 0.15) is 11.8 Å². The van der Waals surface area contributed by atoms with E-state index in [9.17, 15) is 0 Å². The van der Waals surface area contributed by atoms with Crippen molar-refractivity contribution in [1.29, 1.82) is 5.26 Å². The Morgan fingerprint density at radius 1 is 1.18 bits per heavy atom. The van der Waals surface area contributed by atoms with Crippen LogP contribution in [0.25, 0.3) is 0 Å². The molecule has 3 heteroatoms. The summed E-state index contributed by atoms with van der Waals surface area (Å²) in [4.78, 5) is 6.35. The second-order valence-corrected chi connectivity index (χ2v) is 4.98. The van der Waals surface area contributed by atoms with E-state index in [1.54, 1.807) is 24.0 Å². The average molecular weight is 240 g/mol. The van der Waals surface area contributed by atoms with Crippen LogP contribution in [0.2, 0.25) is 0 Å². The summed E-state index contributed by atoms with van der Waals surface area (Å²) < 4.78 is 0. The average Bonchev–Trinajstić information content (AvgIpc) is 2.35. The van der Waals surface area contributed by atoms with Crippen LogP contribution in [0.1, 0.15) is 16.8 Å². The predicted octanol–water partition coefficient (Wildman–Crippen LogP) is 3.72. The largest absolute Gasteiger partial charge is 0.244 e. The molecule has 0 aliphatic carbocycles. The Morgan fingerprint density at radius 2 is 2.00 bits per heavy atom. The van der Waals surface area contributed by atoms with Crippen LogP contribution in [0.15, 0.2) is 46.3 Å². The molecule has 0 saturated carbocycles. The van der Waals surface area contributed by atoms with Crippen molar-refractivity contribution in [2.45, 2.75) is 23.6 Å². The highest BCUT2D eigenvalue weighted by Crippen LogP contribution is 2.30. The lowest BCUT2D eigenvalue weighted by molar-refractivity contribution is 1.19. The molecule has 0 fully saturated rings. The zero-order chi connectivity index (χ0) is 12.3. The van der Waals surface area contributed by atoms with Crippen LogP contribution in [0.4, 0.5) is 0 Å². The number of hydrogen-bond donors (Lipinski definition) is 0. The minimum Gasteiger partial charge on any atom is -0.244 e. The number of aryl methyl sites for hydroxylation is 2. The predicted molar refractivity (Wildman–Crippen MR) is 69.0 cm³/mol. The highest BCUT2D eigenvalue weighted by atomic mass is 32.2. The molecule has 0 bridgehead atoms. The normalized spacial score (nSPS) is 9.94.